The minimum atomic E-state index is -0.000195. The quantitative estimate of drug-likeness (QED) is 0.774. The van der Waals surface area contributed by atoms with E-state index in [-0.39, 0.29) is 11.9 Å². The molecule has 0 spiro atoms. The van der Waals surface area contributed by atoms with Gasteiger partial charge in [0, 0.05) is 23.5 Å². The number of hydrogen-bond acceptors (Lipinski definition) is 3. The number of nitrogens with one attached hydrogen (secondary N) is 2. The summed E-state index contributed by atoms with van der Waals surface area (Å²) in [6, 6.07) is 16.2. The third-order valence-corrected chi connectivity index (χ3v) is 4.50. The lowest BCUT2D eigenvalue weighted by Crippen LogP contribution is -2.36. The van der Waals surface area contributed by atoms with Gasteiger partial charge in [-0.1, -0.05) is 30.3 Å². The van der Waals surface area contributed by atoms with Crippen molar-refractivity contribution in [1.82, 2.24) is 20.4 Å². The first-order chi connectivity index (χ1) is 11.8. The van der Waals surface area contributed by atoms with Crippen molar-refractivity contribution in [2.24, 2.45) is 0 Å². The van der Waals surface area contributed by atoms with Gasteiger partial charge >= 0.3 is 0 Å². The van der Waals surface area contributed by atoms with Crippen LogP contribution >= 0.6 is 0 Å². The van der Waals surface area contributed by atoms with Crippen molar-refractivity contribution >= 4 is 16.8 Å². The van der Waals surface area contributed by atoms with Crippen LogP contribution in [0.1, 0.15) is 22.3 Å². The zero-order valence-corrected chi connectivity index (χ0v) is 13.4. The molecule has 0 radical (unpaired) electrons. The summed E-state index contributed by atoms with van der Waals surface area (Å²) in [5.74, 6) is -0.000195. The minimum Gasteiger partial charge on any atom is -0.348 e. The standard InChI is InChI=1S/C19H20N4O/c24-19(22-17-9-10-20-12-17)15-7-5-14(6-8-15)13-23-18-4-2-1-3-16(18)11-21-23/h1-8,11,17,20H,9-10,12-13H2,(H,22,24). The molecule has 0 saturated carbocycles. The van der Waals surface area contributed by atoms with E-state index in [9.17, 15) is 4.79 Å². The Balaban J connectivity index is 1.46. The maximum absolute atomic E-state index is 12.2. The highest BCUT2D eigenvalue weighted by molar-refractivity contribution is 5.94. The number of benzene rings is 2. The summed E-state index contributed by atoms with van der Waals surface area (Å²) in [6.45, 7) is 2.53. The van der Waals surface area contributed by atoms with Crippen molar-refractivity contribution in [2.75, 3.05) is 13.1 Å². The van der Waals surface area contributed by atoms with Crippen molar-refractivity contribution in [2.45, 2.75) is 19.0 Å². The largest absolute Gasteiger partial charge is 0.348 e. The van der Waals surface area contributed by atoms with Crippen LogP contribution < -0.4 is 10.6 Å². The number of nitrogens with zero attached hydrogens (tertiary/aromatic N) is 2. The lowest BCUT2D eigenvalue weighted by atomic mass is 10.1. The van der Waals surface area contributed by atoms with E-state index in [2.05, 4.69) is 27.9 Å². The van der Waals surface area contributed by atoms with Crippen LogP contribution in [0.2, 0.25) is 0 Å². The fourth-order valence-electron chi connectivity index (χ4n) is 3.13. The molecule has 0 bridgehead atoms. The van der Waals surface area contributed by atoms with E-state index in [0.717, 1.165) is 36.0 Å². The number of rotatable bonds is 4. The maximum Gasteiger partial charge on any atom is 0.251 e. The van der Waals surface area contributed by atoms with Crippen LogP contribution in [0.4, 0.5) is 0 Å². The minimum absolute atomic E-state index is 0.000195. The Kier molecular flexibility index (Phi) is 4.01. The Hall–Kier alpha value is -2.66. The number of amides is 1. The summed E-state index contributed by atoms with van der Waals surface area (Å²) in [6.07, 6.45) is 2.88. The van der Waals surface area contributed by atoms with Crippen LogP contribution in [0.3, 0.4) is 0 Å². The third kappa shape index (κ3) is 3.03. The zero-order chi connectivity index (χ0) is 16.4. The Labute approximate surface area is 140 Å². The van der Waals surface area contributed by atoms with E-state index < -0.39 is 0 Å². The van der Waals surface area contributed by atoms with E-state index >= 15 is 0 Å². The van der Waals surface area contributed by atoms with Crippen molar-refractivity contribution in [3.63, 3.8) is 0 Å². The van der Waals surface area contributed by atoms with Gasteiger partial charge in [0.05, 0.1) is 18.3 Å². The maximum atomic E-state index is 12.2. The van der Waals surface area contributed by atoms with Gasteiger partial charge in [-0.2, -0.15) is 5.10 Å². The molecule has 1 fully saturated rings. The van der Waals surface area contributed by atoms with Gasteiger partial charge in [-0.05, 0) is 36.7 Å². The summed E-state index contributed by atoms with van der Waals surface area (Å²) in [5.41, 5.74) is 2.95. The summed E-state index contributed by atoms with van der Waals surface area (Å²) < 4.78 is 1.98. The Morgan fingerprint density at radius 2 is 2.04 bits per heavy atom. The highest BCUT2D eigenvalue weighted by Gasteiger charge is 2.17. The van der Waals surface area contributed by atoms with Crippen molar-refractivity contribution in [1.29, 1.82) is 0 Å². The molecule has 1 atom stereocenters. The monoisotopic (exact) mass is 320 g/mol. The molecule has 1 aromatic heterocycles. The van der Waals surface area contributed by atoms with E-state index in [1.54, 1.807) is 0 Å². The molecule has 5 nitrogen and oxygen atoms in total. The second-order valence-corrected chi connectivity index (χ2v) is 6.22. The molecule has 1 amide bonds. The molecule has 1 aliphatic heterocycles. The molecule has 0 aliphatic carbocycles. The number of carbonyl (C=O) groups excluding carboxylic acids is 1. The van der Waals surface area contributed by atoms with Crippen LogP contribution in [0.25, 0.3) is 10.9 Å². The number of fused-ring (bicyclic) bond motifs is 1. The second kappa shape index (κ2) is 6.45. The Bertz CT molecular complexity index is 847. The van der Waals surface area contributed by atoms with E-state index in [0.29, 0.717) is 12.1 Å². The predicted molar refractivity (Wildman–Crippen MR) is 94.0 cm³/mol. The molecule has 24 heavy (non-hydrogen) atoms. The molecule has 1 unspecified atom stereocenters. The molecule has 1 aliphatic rings. The van der Waals surface area contributed by atoms with Crippen LogP contribution in [-0.2, 0) is 6.54 Å². The topological polar surface area (TPSA) is 59.0 Å². The van der Waals surface area contributed by atoms with Gasteiger partial charge in [0.25, 0.3) is 5.91 Å². The first-order valence-corrected chi connectivity index (χ1v) is 8.31. The van der Waals surface area contributed by atoms with Gasteiger partial charge in [0.1, 0.15) is 0 Å². The lowest BCUT2D eigenvalue weighted by Gasteiger charge is -2.11. The Morgan fingerprint density at radius 1 is 1.21 bits per heavy atom. The van der Waals surface area contributed by atoms with Crippen LogP contribution in [0.15, 0.2) is 54.7 Å². The summed E-state index contributed by atoms with van der Waals surface area (Å²) in [5, 5.41) is 11.9. The van der Waals surface area contributed by atoms with Gasteiger partial charge < -0.3 is 10.6 Å². The second-order valence-electron chi connectivity index (χ2n) is 6.22. The van der Waals surface area contributed by atoms with Gasteiger partial charge in [0.2, 0.25) is 0 Å². The average molecular weight is 320 g/mol. The highest BCUT2D eigenvalue weighted by Crippen LogP contribution is 2.15. The number of carbonyl (C=O) groups is 1. The number of para-hydroxylation sites is 1. The molecular weight excluding hydrogens is 300 g/mol. The summed E-state index contributed by atoms with van der Waals surface area (Å²) in [4.78, 5) is 12.2. The molecule has 1 saturated heterocycles. The lowest BCUT2D eigenvalue weighted by molar-refractivity contribution is 0.0940. The van der Waals surface area contributed by atoms with Crippen molar-refractivity contribution < 1.29 is 4.79 Å². The summed E-state index contributed by atoms with van der Waals surface area (Å²) in [7, 11) is 0. The molecule has 2 heterocycles. The molecule has 2 aromatic carbocycles. The third-order valence-electron chi connectivity index (χ3n) is 4.50. The molecular formula is C19H20N4O. The van der Waals surface area contributed by atoms with Crippen LogP contribution in [0, 0.1) is 0 Å². The molecule has 4 rings (SSSR count). The normalized spacial score (nSPS) is 17.2. The average Bonchev–Trinajstić information content (AvgIpc) is 3.26. The van der Waals surface area contributed by atoms with E-state index in [1.165, 1.54) is 0 Å². The smallest absolute Gasteiger partial charge is 0.251 e. The predicted octanol–water partition coefficient (Wildman–Crippen LogP) is 2.18. The van der Waals surface area contributed by atoms with Gasteiger partial charge in [0.15, 0.2) is 0 Å². The fourth-order valence-corrected chi connectivity index (χ4v) is 3.13. The van der Waals surface area contributed by atoms with Crippen LogP contribution in [0.5, 0.6) is 0 Å². The molecule has 2 N–H and O–H groups in total. The van der Waals surface area contributed by atoms with Crippen molar-refractivity contribution in [3.8, 4) is 0 Å². The summed E-state index contributed by atoms with van der Waals surface area (Å²) >= 11 is 0. The first kappa shape index (κ1) is 14.9. The van der Waals surface area contributed by atoms with E-state index in [4.69, 9.17) is 0 Å². The highest BCUT2D eigenvalue weighted by atomic mass is 16.1. The Morgan fingerprint density at radius 3 is 2.83 bits per heavy atom. The SMILES string of the molecule is O=C(NC1CCNC1)c1ccc(Cn2ncc3ccccc32)cc1. The molecule has 3 aromatic rings. The van der Waals surface area contributed by atoms with Gasteiger partial charge in [-0.3, -0.25) is 9.48 Å². The van der Waals surface area contributed by atoms with Gasteiger partial charge in [-0.15, -0.1) is 0 Å². The molecule has 122 valence electrons. The first-order valence-electron chi connectivity index (χ1n) is 8.31. The molecule has 5 heteroatoms. The van der Waals surface area contributed by atoms with Gasteiger partial charge in [-0.25, -0.2) is 0 Å². The zero-order valence-electron chi connectivity index (χ0n) is 13.4. The fraction of sp³-hybridized carbons (Fsp3) is 0.263. The van der Waals surface area contributed by atoms with Crippen molar-refractivity contribution in [3.05, 3.63) is 65.9 Å². The van der Waals surface area contributed by atoms with E-state index in [1.807, 2.05) is 47.3 Å². The number of hydrogen-bond donors (Lipinski definition) is 2. The van der Waals surface area contributed by atoms with Crippen LogP contribution in [-0.4, -0.2) is 34.8 Å². The number of aromatic nitrogens is 2.